The van der Waals surface area contributed by atoms with Gasteiger partial charge in [0.2, 0.25) is 5.91 Å². The number of phenols is 1. The molecule has 0 aliphatic rings. The van der Waals surface area contributed by atoms with Crippen molar-refractivity contribution in [3.63, 3.8) is 0 Å². The van der Waals surface area contributed by atoms with E-state index < -0.39 is 0 Å². The molecule has 0 aliphatic heterocycles. The third-order valence-corrected chi connectivity index (χ3v) is 3.11. The average molecular weight is 244 g/mol. The first kappa shape index (κ1) is 12.2. The summed E-state index contributed by atoms with van der Waals surface area (Å²) in [5.74, 6) is -0.537. The highest BCUT2D eigenvalue weighted by molar-refractivity contribution is 5.82. The van der Waals surface area contributed by atoms with Gasteiger partial charge in [-0.25, -0.2) is 0 Å². The van der Waals surface area contributed by atoms with Crippen LogP contribution in [0.5, 0.6) is 5.75 Å². The number of H-pyrrole nitrogens is 1. The maximum atomic E-state index is 11.2. The quantitative estimate of drug-likeness (QED) is 0.774. The predicted octanol–water partition coefficient (Wildman–Crippen LogP) is 2.28. The highest BCUT2D eigenvalue weighted by Crippen LogP contribution is 2.31. The van der Waals surface area contributed by atoms with Gasteiger partial charge < -0.3 is 15.8 Å². The Morgan fingerprint density at radius 2 is 2.06 bits per heavy atom. The Balaban J connectivity index is 2.47. The van der Waals surface area contributed by atoms with E-state index in [0.29, 0.717) is 5.56 Å². The fourth-order valence-corrected chi connectivity index (χ4v) is 2.01. The smallest absolute Gasteiger partial charge is 0.226 e. The molecule has 2 aromatic rings. The summed E-state index contributed by atoms with van der Waals surface area (Å²) in [4.78, 5) is 14.4. The number of aryl methyl sites for hydroxylation is 1. The summed E-state index contributed by atoms with van der Waals surface area (Å²) in [6, 6.07) is 8.97. The number of rotatable bonds is 3. The van der Waals surface area contributed by atoms with Crippen molar-refractivity contribution >= 4 is 5.91 Å². The summed E-state index contributed by atoms with van der Waals surface area (Å²) < 4.78 is 0. The number of aromatic amines is 1. The normalized spacial score (nSPS) is 12.3. The lowest BCUT2D eigenvalue weighted by atomic mass is 10.0. The molecule has 4 N–H and O–H groups in total. The number of nitrogens with one attached hydrogen (secondary N) is 1. The predicted molar refractivity (Wildman–Crippen MR) is 70.2 cm³/mol. The standard InChI is InChI=1S/C14H16N2O2/c1-8-7-11(10-5-3-4-6-12(10)17)16-13(8)9(2)14(15)18/h3-7,9,16-17H,1-2H3,(H2,15,18). The molecule has 0 saturated heterocycles. The highest BCUT2D eigenvalue weighted by atomic mass is 16.3. The number of nitrogens with two attached hydrogens (primary N) is 1. The lowest BCUT2D eigenvalue weighted by Gasteiger charge is -2.06. The van der Waals surface area contributed by atoms with Crippen molar-refractivity contribution < 1.29 is 9.90 Å². The van der Waals surface area contributed by atoms with Gasteiger partial charge in [-0.2, -0.15) is 0 Å². The SMILES string of the molecule is Cc1cc(-c2ccccc2O)[nH]c1C(C)C(N)=O. The number of primary amides is 1. The van der Waals surface area contributed by atoms with E-state index in [0.717, 1.165) is 17.0 Å². The summed E-state index contributed by atoms with van der Waals surface area (Å²) >= 11 is 0. The van der Waals surface area contributed by atoms with Crippen molar-refractivity contribution in [2.24, 2.45) is 5.73 Å². The summed E-state index contributed by atoms with van der Waals surface area (Å²) in [7, 11) is 0. The van der Waals surface area contributed by atoms with Gasteiger partial charge in [-0.05, 0) is 37.6 Å². The number of phenolic OH excluding ortho intramolecular Hbond substituents is 1. The van der Waals surface area contributed by atoms with Gasteiger partial charge in [-0.3, -0.25) is 4.79 Å². The van der Waals surface area contributed by atoms with Crippen molar-refractivity contribution in [3.05, 3.63) is 41.6 Å². The molecule has 0 fully saturated rings. The summed E-state index contributed by atoms with van der Waals surface area (Å²) in [5.41, 5.74) is 8.55. The van der Waals surface area contributed by atoms with Crippen LogP contribution < -0.4 is 5.73 Å². The van der Waals surface area contributed by atoms with Crippen LogP contribution in [-0.2, 0) is 4.79 Å². The summed E-state index contributed by atoms with van der Waals surface area (Å²) in [6.45, 7) is 3.67. The van der Waals surface area contributed by atoms with Gasteiger partial charge in [-0.1, -0.05) is 12.1 Å². The number of amides is 1. The zero-order valence-electron chi connectivity index (χ0n) is 10.4. The van der Waals surface area contributed by atoms with Crippen molar-refractivity contribution in [2.75, 3.05) is 0 Å². The van der Waals surface area contributed by atoms with Gasteiger partial charge in [0.15, 0.2) is 0 Å². The fraction of sp³-hybridized carbons (Fsp3) is 0.214. The third-order valence-electron chi connectivity index (χ3n) is 3.11. The van der Waals surface area contributed by atoms with Gasteiger partial charge in [0.05, 0.1) is 5.92 Å². The maximum absolute atomic E-state index is 11.2. The molecule has 1 unspecified atom stereocenters. The number of benzene rings is 1. The molecule has 94 valence electrons. The molecule has 0 radical (unpaired) electrons. The summed E-state index contributed by atoms with van der Waals surface area (Å²) in [5, 5.41) is 9.80. The second-order valence-corrected chi connectivity index (χ2v) is 4.42. The molecule has 0 bridgehead atoms. The van der Waals surface area contributed by atoms with Gasteiger partial charge in [-0.15, -0.1) is 0 Å². The molecule has 4 heteroatoms. The van der Waals surface area contributed by atoms with E-state index in [4.69, 9.17) is 5.73 Å². The van der Waals surface area contributed by atoms with E-state index in [1.165, 1.54) is 0 Å². The Bertz CT molecular complexity index is 587. The van der Waals surface area contributed by atoms with Crippen molar-refractivity contribution in [3.8, 4) is 17.0 Å². The maximum Gasteiger partial charge on any atom is 0.226 e. The Labute approximate surface area is 105 Å². The van der Waals surface area contributed by atoms with Crippen LogP contribution in [0, 0.1) is 6.92 Å². The Kier molecular flexibility index (Phi) is 3.10. The number of hydrogen-bond donors (Lipinski definition) is 3. The average Bonchev–Trinajstić information content (AvgIpc) is 2.70. The molecule has 2 rings (SSSR count). The van der Waals surface area contributed by atoms with Crippen molar-refractivity contribution in [1.29, 1.82) is 0 Å². The Morgan fingerprint density at radius 1 is 1.39 bits per heavy atom. The number of carbonyl (C=O) groups excluding carboxylic acids is 1. The van der Waals surface area contributed by atoms with Crippen LogP contribution in [0.3, 0.4) is 0 Å². The third kappa shape index (κ3) is 2.09. The van der Waals surface area contributed by atoms with E-state index in [1.54, 1.807) is 19.1 Å². The van der Waals surface area contributed by atoms with Gasteiger partial charge in [0, 0.05) is 17.0 Å². The lowest BCUT2D eigenvalue weighted by Crippen LogP contribution is -2.19. The molecule has 1 heterocycles. The van der Waals surface area contributed by atoms with Crippen LogP contribution in [0.4, 0.5) is 0 Å². The molecule has 18 heavy (non-hydrogen) atoms. The number of para-hydroxylation sites is 1. The zero-order valence-corrected chi connectivity index (χ0v) is 10.4. The molecule has 4 nitrogen and oxygen atoms in total. The second-order valence-electron chi connectivity index (χ2n) is 4.42. The molecule has 1 aromatic heterocycles. The first-order valence-corrected chi connectivity index (χ1v) is 5.78. The Hall–Kier alpha value is -2.23. The molecule has 1 atom stereocenters. The van der Waals surface area contributed by atoms with Crippen LogP contribution >= 0.6 is 0 Å². The second kappa shape index (κ2) is 4.56. The molecular formula is C14H16N2O2. The van der Waals surface area contributed by atoms with Crippen LogP contribution in [0.1, 0.15) is 24.1 Å². The minimum absolute atomic E-state index is 0.206. The number of hydrogen-bond acceptors (Lipinski definition) is 2. The van der Waals surface area contributed by atoms with Crippen LogP contribution in [-0.4, -0.2) is 16.0 Å². The first-order valence-electron chi connectivity index (χ1n) is 5.78. The van der Waals surface area contributed by atoms with Gasteiger partial charge in [0.1, 0.15) is 5.75 Å². The molecule has 0 spiro atoms. The van der Waals surface area contributed by atoms with Crippen molar-refractivity contribution in [1.82, 2.24) is 4.98 Å². The number of aromatic hydroxyl groups is 1. The fourth-order valence-electron chi connectivity index (χ4n) is 2.01. The van der Waals surface area contributed by atoms with Crippen LogP contribution in [0.2, 0.25) is 0 Å². The van der Waals surface area contributed by atoms with E-state index in [1.807, 2.05) is 25.1 Å². The molecular weight excluding hydrogens is 228 g/mol. The lowest BCUT2D eigenvalue weighted by molar-refractivity contribution is -0.119. The summed E-state index contributed by atoms with van der Waals surface area (Å²) in [6.07, 6.45) is 0. The van der Waals surface area contributed by atoms with Gasteiger partial charge in [0.25, 0.3) is 0 Å². The van der Waals surface area contributed by atoms with Crippen LogP contribution in [0.15, 0.2) is 30.3 Å². The monoisotopic (exact) mass is 244 g/mol. The number of aromatic nitrogens is 1. The largest absolute Gasteiger partial charge is 0.507 e. The number of carbonyl (C=O) groups is 1. The minimum Gasteiger partial charge on any atom is -0.507 e. The van der Waals surface area contributed by atoms with E-state index in [2.05, 4.69) is 4.98 Å². The highest BCUT2D eigenvalue weighted by Gasteiger charge is 2.17. The molecule has 1 aromatic carbocycles. The first-order chi connectivity index (χ1) is 8.50. The molecule has 0 aliphatic carbocycles. The van der Waals surface area contributed by atoms with E-state index in [9.17, 15) is 9.90 Å². The minimum atomic E-state index is -0.371. The van der Waals surface area contributed by atoms with Crippen molar-refractivity contribution in [2.45, 2.75) is 19.8 Å². The van der Waals surface area contributed by atoms with E-state index in [-0.39, 0.29) is 17.6 Å². The topological polar surface area (TPSA) is 79.1 Å². The van der Waals surface area contributed by atoms with Gasteiger partial charge >= 0.3 is 0 Å². The molecule has 0 saturated carbocycles. The van der Waals surface area contributed by atoms with Crippen LogP contribution in [0.25, 0.3) is 11.3 Å². The van der Waals surface area contributed by atoms with E-state index >= 15 is 0 Å². The Morgan fingerprint density at radius 3 is 2.67 bits per heavy atom. The zero-order chi connectivity index (χ0) is 13.3. The molecule has 1 amide bonds.